The van der Waals surface area contributed by atoms with Gasteiger partial charge in [0.25, 0.3) is 0 Å². The lowest BCUT2D eigenvalue weighted by atomic mass is 9.79. The summed E-state index contributed by atoms with van der Waals surface area (Å²) >= 11 is 0. The molecule has 19 heavy (non-hydrogen) atoms. The van der Waals surface area contributed by atoms with Crippen LogP contribution in [0.2, 0.25) is 0 Å². The number of hydrogen-bond acceptors (Lipinski definition) is 3. The van der Waals surface area contributed by atoms with E-state index in [4.69, 9.17) is 5.73 Å². The maximum atomic E-state index is 6.18. The number of hydrogen-bond donors (Lipinski definition) is 1. The summed E-state index contributed by atoms with van der Waals surface area (Å²) in [5.41, 5.74) is 6.67. The Morgan fingerprint density at radius 1 is 1.16 bits per heavy atom. The molecule has 1 heterocycles. The van der Waals surface area contributed by atoms with E-state index >= 15 is 0 Å². The smallest absolute Gasteiger partial charge is 0.0356 e. The van der Waals surface area contributed by atoms with Gasteiger partial charge in [0.2, 0.25) is 0 Å². The molecule has 3 nitrogen and oxygen atoms in total. The normalized spacial score (nSPS) is 23.1. The minimum Gasteiger partial charge on any atom is -0.329 e. The maximum Gasteiger partial charge on any atom is 0.0356 e. The van der Waals surface area contributed by atoms with Crippen LogP contribution >= 0.6 is 0 Å². The van der Waals surface area contributed by atoms with Crippen molar-refractivity contribution in [3.05, 3.63) is 0 Å². The van der Waals surface area contributed by atoms with Crippen molar-refractivity contribution in [2.45, 2.75) is 72.0 Å². The highest BCUT2D eigenvalue weighted by Crippen LogP contribution is 2.34. The molecule has 3 heteroatoms. The lowest BCUT2D eigenvalue weighted by molar-refractivity contribution is -0.0161. The van der Waals surface area contributed by atoms with Crippen molar-refractivity contribution in [3.8, 4) is 0 Å². The van der Waals surface area contributed by atoms with E-state index in [2.05, 4.69) is 58.4 Å². The molecule has 0 saturated carbocycles. The van der Waals surface area contributed by atoms with Crippen LogP contribution in [0.25, 0.3) is 0 Å². The maximum absolute atomic E-state index is 6.18. The highest BCUT2D eigenvalue weighted by atomic mass is 15.3. The van der Waals surface area contributed by atoms with E-state index in [-0.39, 0.29) is 5.54 Å². The van der Waals surface area contributed by atoms with Crippen molar-refractivity contribution in [3.63, 3.8) is 0 Å². The Morgan fingerprint density at radius 3 is 1.95 bits per heavy atom. The van der Waals surface area contributed by atoms with Gasteiger partial charge in [-0.05, 0) is 46.1 Å². The fraction of sp³-hybridized carbons (Fsp3) is 1.00. The van der Waals surface area contributed by atoms with E-state index in [1.807, 2.05) is 0 Å². The van der Waals surface area contributed by atoms with Gasteiger partial charge in [-0.25, -0.2) is 0 Å². The molecule has 0 aromatic carbocycles. The minimum absolute atomic E-state index is 0.193. The molecule has 0 aromatic rings. The van der Waals surface area contributed by atoms with Crippen LogP contribution < -0.4 is 5.73 Å². The molecule has 0 radical (unpaired) electrons. The van der Waals surface area contributed by atoms with E-state index in [1.165, 1.54) is 25.9 Å². The molecule has 1 atom stereocenters. The van der Waals surface area contributed by atoms with Gasteiger partial charge < -0.3 is 10.6 Å². The molecule has 1 rings (SSSR count). The van der Waals surface area contributed by atoms with Crippen molar-refractivity contribution >= 4 is 0 Å². The number of nitrogens with zero attached hydrogens (tertiary/aromatic N) is 2. The van der Waals surface area contributed by atoms with Crippen molar-refractivity contribution in [2.75, 3.05) is 26.7 Å². The second-order valence-corrected chi connectivity index (χ2v) is 7.71. The van der Waals surface area contributed by atoms with Crippen molar-refractivity contribution < 1.29 is 0 Å². The zero-order chi connectivity index (χ0) is 14.8. The van der Waals surface area contributed by atoms with Gasteiger partial charge in [-0.1, -0.05) is 20.8 Å². The molecule has 0 aromatic heterocycles. The summed E-state index contributed by atoms with van der Waals surface area (Å²) < 4.78 is 0. The summed E-state index contributed by atoms with van der Waals surface area (Å²) in [7, 11) is 2.27. The Labute approximate surface area is 120 Å². The third kappa shape index (κ3) is 3.71. The predicted molar refractivity (Wildman–Crippen MR) is 84.4 cm³/mol. The Kier molecular flexibility index (Phi) is 5.44. The molecule has 0 aliphatic carbocycles. The Bertz CT molecular complexity index is 272. The number of rotatable bonds is 4. The summed E-state index contributed by atoms with van der Waals surface area (Å²) in [6.07, 6.45) is 2.39. The molecule has 1 aliphatic heterocycles. The highest BCUT2D eigenvalue weighted by Gasteiger charge is 2.41. The van der Waals surface area contributed by atoms with Gasteiger partial charge in [0, 0.05) is 37.3 Å². The quantitative estimate of drug-likeness (QED) is 0.851. The molecule has 1 unspecified atom stereocenters. The first-order valence-corrected chi connectivity index (χ1v) is 7.81. The summed E-state index contributed by atoms with van der Waals surface area (Å²) in [4.78, 5) is 5.13. The van der Waals surface area contributed by atoms with E-state index in [1.54, 1.807) is 0 Å². The first-order valence-electron chi connectivity index (χ1n) is 7.81. The third-order valence-corrected chi connectivity index (χ3v) is 5.42. The molecule has 0 spiro atoms. The van der Waals surface area contributed by atoms with Crippen molar-refractivity contribution in [1.82, 2.24) is 9.80 Å². The van der Waals surface area contributed by atoms with Gasteiger partial charge in [0.1, 0.15) is 0 Å². The molecular formula is C16H35N3. The van der Waals surface area contributed by atoms with E-state index in [9.17, 15) is 0 Å². The molecule has 2 N–H and O–H groups in total. The standard InChI is InChI=1S/C16H35N3/c1-13(2)19-10-8-16(12-17,9-11-19)18(7)14(3)15(4,5)6/h13-14H,8-12,17H2,1-7H3. The average Bonchev–Trinajstić information content (AvgIpc) is 2.35. The monoisotopic (exact) mass is 269 g/mol. The SMILES string of the molecule is CC(C)N1CCC(CN)(N(C)C(C)C(C)(C)C)CC1. The molecule has 1 fully saturated rings. The molecule has 0 amide bonds. The topological polar surface area (TPSA) is 32.5 Å². The van der Waals surface area contributed by atoms with Crippen molar-refractivity contribution in [1.29, 1.82) is 0 Å². The Morgan fingerprint density at radius 2 is 1.63 bits per heavy atom. The summed E-state index contributed by atoms with van der Waals surface area (Å²) in [6, 6.07) is 1.20. The van der Waals surface area contributed by atoms with Crippen molar-refractivity contribution in [2.24, 2.45) is 11.1 Å². The fourth-order valence-electron chi connectivity index (χ4n) is 3.15. The third-order valence-electron chi connectivity index (χ3n) is 5.42. The summed E-state index contributed by atoms with van der Waals surface area (Å²) in [5, 5.41) is 0. The van der Waals surface area contributed by atoms with Gasteiger partial charge in [-0.3, -0.25) is 4.90 Å². The molecule has 1 aliphatic rings. The molecule has 0 bridgehead atoms. The van der Waals surface area contributed by atoms with E-state index < -0.39 is 0 Å². The zero-order valence-electron chi connectivity index (χ0n) is 14.2. The van der Waals surface area contributed by atoms with Gasteiger partial charge in [0.15, 0.2) is 0 Å². The van der Waals surface area contributed by atoms with Gasteiger partial charge >= 0.3 is 0 Å². The van der Waals surface area contributed by atoms with Crippen LogP contribution in [0.5, 0.6) is 0 Å². The van der Waals surface area contributed by atoms with Crippen LogP contribution in [-0.4, -0.2) is 54.1 Å². The van der Waals surface area contributed by atoms with Crippen LogP contribution in [0, 0.1) is 5.41 Å². The Hall–Kier alpha value is -0.120. The number of likely N-dealkylation sites (tertiary alicyclic amines) is 1. The summed E-state index contributed by atoms with van der Waals surface area (Å²) in [5.74, 6) is 0. The van der Waals surface area contributed by atoms with E-state index in [0.717, 1.165) is 6.54 Å². The number of likely N-dealkylation sites (N-methyl/N-ethyl adjacent to an activating group) is 1. The van der Waals surface area contributed by atoms with Crippen LogP contribution in [-0.2, 0) is 0 Å². The van der Waals surface area contributed by atoms with E-state index in [0.29, 0.717) is 17.5 Å². The van der Waals surface area contributed by atoms with Gasteiger partial charge in [0.05, 0.1) is 0 Å². The second kappa shape index (κ2) is 6.11. The van der Waals surface area contributed by atoms with Crippen LogP contribution in [0.4, 0.5) is 0 Å². The van der Waals surface area contributed by atoms with Crippen LogP contribution in [0.15, 0.2) is 0 Å². The van der Waals surface area contributed by atoms with Gasteiger partial charge in [-0.15, -0.1) is 0 Å². The lowest BCUT2D eigenvalue weighted by Gasteiger charge is -2.52. The first-order chi connectivity index (χ1) is 8.64. The van der Waals surface area contributed by atoms with Crippen LogP contribution in [0.3, 0.4) is 0 Å². The van der Waals surface area contributed by atoms with Crippen LogP contribution in [0.1, 0.15) is 54.4 Å². The molecule has 1 saturated heterocycles. The largest absolute Gasteiger partial charge is 0.329 e. The lowest BCUT2D eigenvalue weighted by Crippen LogP contribution is -2.62. The Balaban J connectivity index is 2.78. The number of piperidine rings is 1. The minimum atomic E-state index is 0.193. The predicted octanol–water partition coefficient (Wildman–Crippen LogP) is 2.55. The zero-order valence-corrected chi connectivity index (χ0v) is 14.2. The molecular weight excluding hydrogens is 234 g/mol. The fourth-order valence-corrected chi connectivity index (χ4v) is 3.15. The summed E-state index contributed by atoms with van der Waals surface area (Å²) in [6.45, 7) is 17.0. The molecule has 114 valence electrons. The highest BCUT2D eigenvalue weighted by molar-refractivity contribution is 4.99. The number of nitrogens with two attached hydrogens (primary N) is 1. The average molecular weight is 269 g/mol. The second-order valence-electron chi connectivity index (χ2n) is 7.71. The van der Waals surface area contributed by atoms with Gasteiger partial charge in [-0.2, -0.15) is 0 Å². The first kappa shape index (κ1) is 16.9.